The molecule has 4 fully saturated rings. The smallest absolute Gasteiger partial charge is 0.272 e. The van der Waals surface area contributed by atoms with Crippen LogP contribution in [-0.4, -0.2) is 100 Å². The van der Waals surface area contributed by atoms with E-state index < -0.39 is 23.8 Å². The molecule has 4 aliphatic heterocycles. The van der Waals surface area contributed by atoms with Gasteiger partial charge in [0.25, 0.3) is 17.7 Å². The van der Waals surface area contributed by atoms with Gasteiger partial charge in [0, 0.05) is 38.2 Å². The number of piperidine rings is 3. The van der Waals surface area contributed by atoms with Crippen molar-refractivity contribution in [3.05, 3.63) is 81.5 Å². The number of benzene rings is 2. The Hall–Kier alpha value is -5.39. The number of rotatable bonds is 9. The Labute approximate surface area is 335 Å². The maximum Gasteiger partial charge on any atom is 0.272 e. The number of aromatic nitrogens is 2. The van der Waals surface area contributed by atoms with Gasteiger partial charge in [-0.25, -0.2) is 0 Å². The topological polar surface area (TPSA) is 178 Å². The normalized spacial score (nSPS) is 23.5. The maximum atomic E-state index is 13.3. The summed E-state index contributed by atoms with van der Waals surface area (Å²) in [6.45, 7) is 4.68. The monoisotopic (exact) mass is 792 g/mol. The fourth-order valence-corrected chi connectivity index (χ4v) is 9.17. The van der Waals surface area contributed by atoms with Crippen molar-refractivity contribution in [2.24, 2.45) is 5.92 Å². The van der Waals surface area contributed by atoms with Crippen LogP contribution in [0.15, 0.2) is 48.5 Å². The third-order valence-electron chi connectivity index (χ3n) is 12.2. The number of nitrogens with one attached hydrogen (secondary N) is 2. The van der Waals surface area contributed by atoms with E-state index in [0.717, 1.165) is 100 Å². The van der Waals surface area contributed by atoms with Gasteiger partial charge in [-0.2, -0.15) is 5.26 Å². The summed E-state index contributed by atoms with van der Waals surface area (Å²) in [5.74, 6) is 0.109. The number of imide groups is 2. The summed E-state index contributed by atoms with van der Waals surface area (Å²) in [4.78, 5) is 69.3. The molecule has 3 aromatic rings. The van der Waals surface area contributed by atoms with Crippen molar-refractivity contribution in [3.63, 3.8) is 0 Å². The number of likely N-dealkylation sites (tertiary alicyclic amines) is 1. The van der Waals surface area contributed by atoms with E-state index in [1.807, 2.05) is 18.2 Å². The summed E-state index contributed by atoms with van der Waals surface area (Å²) in [5.41, 5.74) is 2.41. The molecule has 1 unspecified atom stereocenters. The first-order chi connectivity index (χ1) is 27.6. The highest BCUT2D eigenvalue weighted by molar-refractivity contribution is 6.31. The molecule has 5 amide bonds. The number of nitrogens with zero attached hydrogens (tertiary/aromatic N) is 6. The number of hydrogen-bond donors (Lipinski definition) is 2. The second-order valence-corrected chi connectivity index (χ2v) is 16.3. The summed E-state index contributed by atoms with van der Waals surface area (Å²) in [6.07, 6.45) is 7.41. The van der Waals surface area contributed by atoms with E-state index >= 15 is 0 Å². The van der Waals surface area contributed by atoms with Crippen LogP contribution in [0.5, 0.6) is 5.75 Å². The highest BCUT2D eigenvalue weighted by Crippen LogP contribution is 2.35. The summed E-state index contributed by atoms with van der Waals surface area (Å²) < 4.78 is 6.08. The average Bonchev–Trinajstić information content (AvgIpc) is 3.47. The Morgan fingerprint density at radius 1 is 0.860 bits per heavy atom. The molecule has 3 saturated heterocycles. The number of carbonyl (C=O) groups is 5. The molecule has 1 aliphatic carbocycles. The van der Waals surface area contributed by atoms with Gasteiger partial charge in [0.2, 0.25) is 11.8 Å². The highest BCUT2D eigenvalue weighted by Gasteiger charge is 2.45. The van der Waals surface area contributed by atoms with Crippen molar-refractivity contribution in [1.29, 1.82) is 5.26 Å². The largest absolute Gasteiger partial charge is 0.490 e. The molecular formula is C42H45ClN8O6. The summed E-state index contributed by atoms with van der Waals surface area (Å²) in [7, 11) is 0. The van der Waals surface area contributed by atoms with Crippen molar-refractivity contribution in [2.75, 3.05) is 37.6 Å². The summed E-state index contributed by atoms with van der Waals surface area (Å²) in [6, 6.07) is 15.3. The molecule has 2 aromatic carbocycles. The van der Waals surface area contributed by atoms with Crippen LogP contribution < -0.4 is 20.3 Å². The number of halogens is 1. The van der Waals surface area contributed by atoms with Crippen molar-refractivity contribution in [2.45, 2.75) is 88.3 Å². The first-order valence-electron chi connectivity index (χ1n) is 20.0. The predicted molar refractivity (Wildman–Crippen MR) is 209 cm³/mol. The van der Waals surface area contributed by atoms with Crippen LogP contribution in [0.25, 0.3) is 0 Å². The van der Waals surface area contributed by atoms with Gasteiger partial charge in [-0.3, -0.25) is 34.2 Å². The fraction of sp³-hybridized carbons (Fsp3) is 0.476. The van der Waals surface area contributed by atoms with Gasteiger partial charge in [0.1, 0.15) is 17.9 Å². The van der Waals surface area contributed by atoms with Gasteiger partial charge in [0.05, 0.1) is 27.8 Å². The van der Waals surface area contributed by atoms with Crippen LogP contribution in [0.4, 0.5) is 5.82 Å². The van der Waals surface area contributed by atoms with Crippen LogP contribution in [0, 0.1) is 17.2 Å². The molecule has 5 aliphatic rings. The minimum Gasteiger partial charge on any atom is -0.490 e. The minimum absolute atomic E-state index is 0.0202. The molecule has 57 heavy (non-hydrogen) atoms. The van der Waals surface area contributed by atoms with E-state index in [2.05, 4.69) is 36.7 Å². The number of nitriles is 1. The number of fused-ring (bicyclic) bond motifs is 1. The molecule has 15 heteroatoms. The molecule has 1 aromatic heterocycles. The number of ether oxygens (including phenoxy) is 1. The molecule has 0 radical (unpaired) electrons. The highest BCUT2D eigenvalue weighted by atomic mass is 35.5. The molecule has 5 heterocycles. The van der Waals surface area contributed by atoms with E-state index in [-0.39, 0.29) is 42.7 Å². The number of amides is 5. The maximum absolute atomic E-state index is 13.3. The zero-order valence-electron chi connectivity index (χ0n) is 31.6. The minimum atomic E-state index is -0.964. The molecule has 1 saturated carbocycles. The molecule has 8 rings (SSSR count). The Bertz CT molecular complexity index is 2100. The molecule has 2 N–H and O–H groups in total. The van der Waals surface area contributed by atoms with Crippen molar-refractivity contribution < 1.29 is 28.7 Å². The van der Waals surface area contributed by atoms with Crippen molar-refractivity contribution in [1.82, 2.24) is 30.6 Å². The number of carbonyl (C=O) groups excluding carboxylic acids is 5. The van der Waals surface area contributed by atoms with Crippen LogP contribution in [-0.2, 0) is 9.59 Å². The van der Waals surface area contributed by atoms with E-state index in [4.69, 9.17) is 21.6 Å². The van der Waals surface area contributed by atoms with E-state index in [0.29, 0.717) is 39.1 Å². The molecule has 0 bridgehead atoms. The Kier molecular flexibility index (Phi) is 11.2. The molecule has 296 valence electrons. The Morgan fingerprint density at radius 3 is 2.30 bits per heavy atom. The van der Waals surface area contributed by atoms with Gasteiger partial charge < -0.3 is 19.9 Å². The zero-order valence-corrected chi connectivity index (χ0v) is 32.4. The molecule has 1 atom stereocenters. The first-order valence-corrected chi connectivity index (χ1v) is 20.3. The molecule has 0 spiro atoms. The lowest BCUT2D eigenvalue weighted by Crippen LogP contribution is -2.54. The fourth-order valence-electron chi connectivity index (χ4n) is 8.95. The second kappa shape index (κ2) is 16.6. The lowest BCUT2D eigenvalue weighted by Gasteiger charge is -2.38. The van der Waals surface area contributed by atoms with Crippen LogP contribution in [0.3, 0.4) is 0 Å². The lowest BCUT2D eigenvalue weighted by atomic mass is 9.87. The van der Waals surface area contributed by atoms with Crippen LogP contribution in [0.2, 0.25) is 5.02 Å². The van der Waals surface area contributed by atoms with Gasteiger partial charge in [-0.05, 0) is 125 Å². The first kappa shape index (κ1) is 38.5. The van der Waals surface area contributed by atoms with Crippen molar-refractivity contribution >= 4 is 47.0 Å². The van der Waals surface area contributed by atoms with Gasteiger partial charge >= 0.3 is 0 Å². The molecule has 14 nitrogen and oxygen atoms in total. The summed E-state index contributed by atoms with van der Waals surface area (Å²) >= 11 is 6.14. The van der Waals surface area contributed by atoms with Gasteiger partial charge in [-0.1, -0.05) is 17.7 Å². The van der Waals surface area contributed by atoms with Gasteiger partial charge in [-0.15, -0.1) is 10.2 Å². The third kappa shape index (κ3) is 8.36. The average molecular weight is 793 g/mol. The van der Waals surface area contributed by atoms with Crippen LogP contribution >= 0.6 is 11.6 Å². The zero-order chi connectivity index (χ0) is 39.6. The predicted octanol–water partition coefficient (Wildman–Crippen LogP) is 4.62. The van der Waals surface area contributed by atoms with Crippen LogP contribution in [0.1, 0.15) is 112 Å². The van der Waals surface area contributed by atoms with Crippen molar-refractivity contribution in [3.8, 4) is 11.8 Å². The number of hydrogen-bond acceptors (Lipinski definition) is 11. The van der Waals surface area contributed by atoms with E-state index in [9.17, 15) is 24.0 Å². The standard InChI is InChI=1S/C42H45ClN8O6/c43-34-22-31(5-1-28(34)23-44)57-30-6-3-29(4-7-30)45-39(53)35-9-11-37(48-47-35)50-19-13-25(14-20-50)24-49-17-15-26(16-18-49)27-2-8-32-33(21-27)42(56)51(41(32)55)36-10-12-38(52)46-40(36)54/h1-2,5,8-9,11,21-22,25-26,29-30,36H,3-4,6-7,10,12-20,24H2,(H,45,53)(H,46,52,54)/t29-,30-,36?. The lowest BCUT2D eigenvalue weighted by molar-refractivity contribution is -0.136. The van der Waals surface area contributed by atoms with E-state index in [1.54, 1.807) is 30.3 Å². The number of anilines is 1. The second-order valence-electron chi connectivity index (χ2n) is 15.9. The van der Waals surface area contributed by atoms with Gasteiger partial charge in [0.15, 0.2) is 11.5 Å². The third-order valence-corrected chi connectivity index (χ3v) is 12.5. The molecular weight excluding hydrogens is 748 g/mol. The Morgan fingerprint density at radius 2 is 1.61 bits per heavy atom. The quantitative estimate of drug-likeness (QED) is 0.289. The van der Waals surface area contributed by atoms with E-state index in [1.165, 1.54) is 0 Å². The summed E-state index contributed by atoms with van der Waals surface area (Å²) in [5, 5.41) is 23.5. The SMILES string of the molecule is N#Cc1ccc(O[C@H]2CC[C@H](NC(=O)c3ccc(N4CCC(CN5CCC(c6ccc7c(c6)C(=O)N(C6CCC(=O)NC6=O)C7=O)CC5)CC4)nn3)CC2)cc1Cl. The Balaban J connectivity index is 0.753.